The minimum Gasteiger partial charge on any atom is -0.497 e. The van der Waals surface area contributed by atoms with Crippen LogP contribution in [0.2, 0.25) is 0 Å². The largest absolute Gasteiger partial charge is 0.497 e. The van der Waals surface area contributed by atoms with Crippen LogP contribution in [0.5, 0.6) is 5.75 Å². The minimum atomic E-state index is -0.809. The number of hydrogen-bond acceptors (Lipinski definition) is 6. The lowest BCUT2D eigenvalue weighted by atomic mass is 10.1. The molecule has 0 fully saturated rings. The third-order valence-corrected chi connectivity index (χ3v) is 5.00. The van der Waals surface area contributed by atoms with Gasteiger partial charge in [-0.1, -0.05) is 12.1 Å². The van der Waals surface area contributed by atoms with Gasteiger partial charge in [0.05, 0.1) is 32.4 Å². The molecule has 31 heavy (non-hydrogen) atoms. The SMILES string of the molecule is COC(=O)c1ccc(NC(=O)C2CC(=O)Nc3c(-c4ccc(OC)cc4)cnn32)cc1. The fourth-order valence-corrected chi connectivity index (χ4v) is 3.39. The second-order valence-electron chi connectivity index (χ2n) is 6.91. The van der Waals surface area contributed by atoms with Crippen LogP contribution in [0.25, 0.3) is 11.1 Å². The molecule has 0 saturated carbocycles. The van der Waals surface area contributed by atoms with Crippen molar-refractivity contribution in [3.8, 4) is 16.9 Å². The van der Waals surface area contributed by atoms with Crippen LogP contribution in [0.3, 0.4) is 0 Å². The number of amides is 2. The molecule has 1 aliphatic heterocycles. The van der Waals surface area contributed by atoms with Gasteiger partial charge >= 0.3 is 5.97 Å². The van der Waals surface area contributed by atoms with Crippen molar-refractivity contribution in [2.24, 2.45) is 0 Å². The van der Waals surface area contributed by atoms with Gasteiger partial charge in [-0.25, -0.2) is 9.48 Å². The van der Waals surface area contributed by atoms with Crippen LogP contribution in [0.1, 0.15) is 22.8 Å². The van der Waals surface area contributed by atoms with E-state index >= 15 is 0 Å². The fraction of sp³-hybridized carbons (Fsp3) is 0.182. The zero-order chi connectivity index (χ0) is 22.0. The molecule has 0 spiro atoms. The second-order valence-corrected chi connectivity index (χ2v) is 6.91. The molecule has 9 nitrogen and oxygen atoms in total. The molecular formula is C22H20N4O5. The lowest BCUT2D eigenvalue weighted by molar-refractivity contribution is -0.125. The van der Waals surface area contributed by atoms with Crippen molar-refractivity contribution in [3.63, 3.8) is 0 Å². The monoisotopic (exact) mass is 420 g/mol. The predicted molar refractivity (Wildman–Crippen MR) is 113 cm³/mol. The molecule has 0 saturated heterocycles. The Bertz CT molecular complexity index is 1140. The van der Waals surface area contributed by atoms with E-state index in [-0.39, 0.29) is 18.2 Å². The first-order chi connectivity index (χ1) is 15.0. The van der Waals surface area contributed by atoms with E-state index in [1.54, 1.807) is 37.6 Å². The lowest BCUT2D eigenvalue weighted by Gasteiger charge is -2.24. The van der Waals surface area contributed by atoms with Crippen molar-refractivity contribution in [2.45, 2.75) is 12.5 Å². The molecule has 158 valence electrons. The molecule has 2 heterocycles. The summed E-state index contributed by atoms with van der Waals surface area (Å²) >= 11 is 0. The van der Waals surface area contributed by atoms with Crippen molar-refractivity contribution in [1.82, 2.24) is 9.78 Å². The van der Waals surface area contributed by atoms with E-state index < -0.39 is 12.0 Å². The van der Waals surface area contributed by atoms with Crippen molar-refractivity contribution in [2.75, 3.05) is 24.9 Å². The van der Waals surface area contributed by atoms with Gasteiger partial charge in [0.25, 0.3) is 0 Å². The van der Waals surface area contributed by atoms with Gasteiger partial charge in [-0.15, -0.1) is 0 Å². The summed E-state index contributed by atoms with van der Waals surface area (Å²) in [4.78, 5) is 36.8. The third-order valence-electron chi connectivity index (χ3n) is 5.00. The van der Waals surface area contributed by atoms with E-state index in [1.165, 1.54) is 11.8 Å². The predicted octanol–water partition coefficient (Wildman–Crippen LogP) is 2.87. The number of methoxy groups -OCH3 is 2. The van der Waals surface area contributed by atoms with E-state index in [9.17, 15) is 14.4 Å². The Hall–Kier alpha value is -4.14. The topological polar surface area (TPSA) is 112 Å². The molecule has 1 unspecified atom stereocenters. The molecule has 0 aliphatic carbocycles. The van der Waals surface area contributed by atoms with Gasteiger partial charge in [0.15, 0.2) is 0 Å². The number of nitrogens with zero attached hydrogens (tertiary/aromatic N) is 2. The van der Waals surface area contributed by atoms with E-state index in [0.29, 0.717) is 28.4 Å². The van der Waals surface area contributed by atoms with Gasteiger partial charge in [0, 0.05) is 11.3 Å². The van der Waals surface area contributed by atoms with Gasteiger partial charge in [-0.3, -0.25) is 9.59 Å². The number of ether oxygens (including phenoxy) is 2. The number of fused-ring (bicyclic) bond motifs is 1. The van der Waals surface area contributed by atoms with Crippen LogP contribution in [0.15, 0.2) is 54.7 Å². The average Bonchev–Trinajstić information content (AvgIpc) is 3.22. The molecule has 2 aromatic carbocycles. The van der Waals surface area contributed by atoms with E-state index in [1.807, 2.05) is 24.3 Å². The van der Waals surface area contributed by atoms with Gasteiger partial charge in [0.1, 0.15) is 17.6 Å². The standard InChI is InChI=1S/C22H20N4O5/c1-30-16-9-5-13(6-10-16)17-12-23-26-18(11-19(27)25-20(17)26)21(28)24-15-7-3-14(4-8-15)22(29)31-2/h3-10,12,18H,11H2,1-2H3,(H,24,28)(H,25,27). The number of benzene rings is 2. The summed E-state index contributed by atoms with van der Waals surface area (Å²) in [6.45, 7) is 0. The van der Waals surface area contributed by atoms with Crippen LogP contribution in [-0.2, 0) is 14.3 Å². The van der Waals surface area contributed by atoms with Gasteiger partial charge < -0.3 is 20.1 Å². The summed E-state index contributed by atoms with van der Waals surface area (Å²) in [6.07, 6.45) is 1.58. The number of carbonyl (C=O) groups excluding carboxylic acids is 3. The molecule has 1 aliphatic rings. The van der Waals surface area contributed by atoms with E-state index in [4.69, 9.17) is 4.74 Å². The molecule has 2 N–H and O–H groups in total. The van der Waals surface area contributed by atoms with Gasteiger partial charge in [-0.2, -0.15) is 5.10 Å². The Morgan fingerprint density at radius 3 is 2.45 bits per heavy atom. The highest BCUT2D eigenvalue weighted by Crippen LogP contribution is 2.35. The minimum absolute atomic E-state index is 0.0389. The summed E-state index contributed by atoms with van der Waals surface area (Å²) in [6, 6.07) is 12.8. The third kappa shape index (κ3) is 3.97. The number of hydrogen-bond donors (Lipinski definition) is 2. The van der Waals surface area contributed by atoms with Crippen molar-refractivity contribution in [1.29, 1.82) is 0 Å². The summed E-state index contributed by atoms with van der Waals surface area (Å²) < 4.78 is 11.4. The Kier molecular flexibility index (Phi) is 5.40. The summed E-state index contributed by atoms with van der Waals surface area (Å²) in [7, 11) is 2.89. The highest BCUT2D eigenvalue weighted by molar-refractivity contribution is 6.03. The van der Waals surface area contributed by atoms with Crippen molar-refractivity contribution >= 4 is 29.3 Å². The molecule has 4 rings (SSSR count). The quantitative estimate of drug-likeness (QED) is 0.614. The van der Waals surface area contributed by atoms with Crippen LogP contribution >= 0.6 is 0 Å². The molecule has 1 atom stereocenters. The number of carbonyl (C=O) groups is 3. The first-order valence-corrected chi connectivity index (χ1v) is 9.51. The zero-order valence-corrected chi connectivity index (χ0v) is 16.9. The molecule has 0 bridgehead atoms. The normalized spacial score (nSPS) is 14.9. The smallest absolute Gasteiger partial charge is 0.337 e. The maximum atomic E-state index is 12.9. The maximum absolute atomic E-state index is 12.9. The summed E-state index contributed by atoms with van der Waals surface area (Å²) in [5, 5.41) is 9.93. The van der Waals surface area contributed by atoms with Gasteiger partial charge in [-0.05, 0) is 42.0 Å². The van der Waals surface area contributed by atoms with Crippen molar-refractivity contribution < 1.29 is 23.9 Å². The molecule has 0 radical (unpaired) electrons. The second kappa shape index (κ2) is 8.31. The highest BCUT2D eigenvalue weighted by Gasteiger charge is 2.33. The number of aromatic nitrogens is 2. The Morgan fingerprint density at radius 2 is 1.81 bits per heavy atom. The van der Waals surface area contributed by atoms with Crippen LogP contribution in [0, 0.1) is 0 Å². The van der Waals surface area contributed by atoms with Crippen LogP contribution < -0.4 is 15.4 Å². The number of rotatable bonds is 5. The zero-order valence-electron chi connectivity index (χ0n) is 16.9. The molecule has 1 aromatic heterocycles. The first-order valence-electron chi connectivity index (χ1n) is 9.51. The van der Waals surface area contributed by atoms with E-state index in [2.05, 4.69) is 20.5 Å². The number of nitrogens with one attached hydrogen (secondary N) is 2. The first kappa shape index (κ1) is 20.1. The summed E-state index contributed by atoms with van der Waals surface area (Å²) in [5.74, 6) is 0.0521. The van der Waals surface area contributed by atoms with E-state index in [0.717, 1.165) is 5.56 Å². The Morgan fingerprint density at radius 1 is 1.10 bits per heavy atom. The van der Waals surface area contributed by atoms with Gasteiger partial charge in [0.2, 0.25) is 11.8 Å². The lowest BCUT2D eigenvalue weighted by Crippen LogP contribution is -2.35. The maximum Gasteiger partial charge on any atom is 0.337 e. The Labute approximate surface area is 178 Å². The highest BCUT2D eigenvalue weighted by atomic mass is 16.5. The summed E-state index contributed by atoms with van der Waals surface area (Å²) in [5.41, 5.74) is 2.40. The van der Waals surface area contributed by atoms with Crippen LogP contribution in [-0.4, -0.2) is 41.8 Å². The van der Waals surface area contributed by atoms with Crippen LogP contribution in [0.4, 0.5) is 11.5 Å². The molecular weight excluding hydrogens is 400 g/mol. The Balaban J connectivity index is 1.58. The molecule has 3 aromatic rings. The molecule has 9 heteroatoms. The average molecular weight is 420 g/mol. The fourth-order valence-electron chi connectivity index (χ4n) is 3.39. The van der Waals surface area contributed by atoms with Crippen molar-refractivity contribution in [3.05, 3.63) is 60.3 Å². The molecule has 2 amide bonds. The number of esters is 1. The number of anilines is 2.